The van der Waals surface area contributed by atoms with Gasteiger partial charge in [0.05, 0.1) is 16.3 Å². The van der Waals surface area contributed by atoms with Crippen molar-refractivity contribution in [1.29, 1.82) is 0 Å². The van der Waals surface area contributed by atoms with E-state index in [1.54, 1.807) is 61.2 Å². The molecule has 3 rings (SSSR count). The lowest BCUT2D eigenvalue weighted by atomic mass is 10.2. The largest absolute Gasteiger partial charge is 0.323 e. The normalized spacial score (nSPS) is 11.2. The first-order valence-electron chi connectivity index (χ1n) is 9.68. The lowest BCUT2D eigenvalue weighted by Crippen LogP contribution is -2.38. The molecule has 3 aromatic carbocycles. The summed E-state index contributed by atoms with van der Waals surface area (Å²) in [5.74, 6) is 0.420. The maximum absolute atomic E-state index is 13.4. The van der Waals surface area contributed by atoms with Crippen LogP contribution in [0, 0.1) is 6.92 Å². The molecule has 8 heteroatoms. The van der Waals surface area contributed by atoms with Gasteiger partial charge < -0.3 is 5.32 Å². The summed E-state index contributed by atoms with van der Waals surface area (Å²) >= 11 is 7.67. The number of thioether (sulfide) groups is 1. The number of nitrogens with one attached hydrogen (secondary N) is 1. The third-order valence-corrected chi connectivity index (χ3v) is 7.47. The number of halogens is 1. The first-order valence-corrected chi connectivity index (χ1v) is 12.5. The molecule has 0 atom stereocenters. The number of anilines is 2. The molecule has 0 saturated carbocycles. The van der Waals surface area contributed by atoms with E-state index >= 15 is 0 Å². The highest BCUT2D eigenvalue weighted by Crippen LogP contribution is 2.30. The zero-order chi connectivity index (χ0) is 22.4. The van der Waals surface area contributed by atoms with Crippen molar-refractivity contribution >= 4 is 50.7 Å². The Hall–Kier alpha value is -2.48. The molecule has 0 bridgehead atoms. The third kappa shape index (κ3) is 5.61. The molecule has 0 aromatic heterocycles. The van der Waals surface area contributed by atoms with Gasteiger partial charge >= 0.3 is 0 Å². The Balaban J connectivity index is 1.97. The van der Waals surface area contributed by atoms with Gasteiger partial charge in [-0.05, 0) is 60.7 Å². The summed E-state index contributed by atoms with van der Waals surface area (Å²) in [7, 11) is -3.97. The molecule has 3 aromatic rings. The fourth-order valence-electron chi connectivity index (χ4n) is 3.09. The van der Waals surface area contributed by atoms with E-state index in [-0.39, 0.29) is 11.4 Å². The van der Waals surface area contributed by atoms with E-state index in [4.69, 9.17) is 11.6 Å². The van der Waals surface area contributed by atoms with Gasteiger partial charge in [0.25, 0.3) is 10.0 Å². The number of benzene rings is 3. The summed E-state index contributed by atoms with van der Waals surface area (Å²) in [6.07, 6.45) is 0. The topological polar surface area (TPSA) is 66.5 Å². The smallest absolute Gasteiger partial charge is 0.264 e. The van der Waals surface area contributed by atoms with Gasteiger partial charge in [0.2, 0.25) is 5.91 Å². The van der Waals surface area contributed by atoms with Gasteiger partial charge in [-0.3, -0.25) is 9.10 Å². The summed E-state index contributed by atoms with van der Waals surface area (Å²) in [5.41, 5.74) is 1.71. The zero-order valence-corrected chi connectivity index (χ0v) is 19.6. The minimum Gasteiger partial charge on any atom is -0.323 e. The van der Waals surface area contributed by atoms with Gasteiger partial charge in [-0.15, -0.1) is 11.8 Å². The molecule has 0 spiro atoms. The first kappa shape index (κ1) is 23.2. The minimum absolute atomic E-state index is 0.110. The number of sulfonamides is 1. The molecule has 0 heterocycles. The van der Waals surface area contributed by atoms with E-state index < -0.39 is 15.9 Å². The number of amides is 1. The molecule has 0 aliphatic rings. The Kier molecular flexibility index (Phi) is 7.64. The first-order chi connectivity index (χ1) is 14.8. The van der Waals surface area contributed by atoms with E-state index in [0.29, 0.717) is 22.0 Å². The van der Waals surface area contributed by atoms with Gasteiger partial charge in [-0.25, -0.2) is 8.42 Å². The standard InChI is InChI=1S/C23H23ClN2O3S2/c1-3-30-22-12-8-7-11-20(22)25-23(27)16-26(21-14-13-18(24)15-17(21)2)31(28,29)19-9-5-4-6-10-19/h4-15H,3,16H2,1-2H3,(H,25,27). The zero-order valence-electron chi connectivity index (χ0n) is 17.2. The Morgan fingerprint density at radius 2 is 1.71 bits per heavy atom. The number of nitrogens with zero attached hydrogens (tertiary/aromatic N) is 1. The maximum atomic E-state index is 13.4. The van der Waals surface area contributed by atoms with Crippen LogP contribution in [0.1, 0.15) is 12.5 Å². The molecule has 0 fully saturated rings. The summed E-state index contributed by atoms with van der Waals surface area (Å²) in [6, 6.07) is 20.4. The van der Waals surface area contributed by atoms with Crippen LogP contribution < -0.4 is 9.62 Å². The molecule has 5 nitrogen and oxygen atoms in total. The van der Waals surface area contributed by atoms with Crippen molar-refractivity contribution in [3.05, 3.63) is 83.4 Å². The summed E-state index contributed by atoms with van der Waals surface area (Å²) in [6.45, 7) is 3.42. The maximum Gasteiger partial charge on any atom is 0.264 e. The average molecular weight is 475 g/mol. The van der Waals surface area contributed by atoms with Crippen molar-refractivity contribution in [2.24, 2.45) is 0 Å². The SMILES string of the molecule is CCSc1ccccc1NC(=O)CN(c1ccc(Cl)cc1C)S(=O)(=O)c1ccccc1. The van der Waals surface area contributed by atoms with E-state index in [1.807, 2.05) is 25.1 Å². The van der Waals surface area contributed by atoms with Gasteiger partial charge in [0.1, 0.15) is 6.54 Å². The highest BCUT2D eigenvalue weighted by molar-refractivity contribution is 7.99. The molecular formula is C23H23ClN2O3S2. The quantitative estimate of drug-likeness (QED) is 0.432. The van der Waals surface area contributed by atoms with E-state index in [1.165, 1.54) is 12.1 Å². The van der Waals surface area contributed by atoms with Gasteiger partial charge in [-0.1, -0.05) is 48.9 Å². The van der Waals surface area contributed by atoms with E-state index in [9.17, 15) is 13.2 Å². The molecule has 31 heavy (non-hydrogen) atoms. The summed E-state index contributed by atoms with van der Waals surface area (Å²) in [5, 5.41) is 3.35. The monoisotopic (exact) mass is 474 g/mol. The molecule has 0 saturated heterocycles. The van der Waals surface area contributed by atoms with Crippen LogP contribution in [0.4, 0.5) is 11.4 Å². The number of hydrogen-bond donors (Lipinski definition) is 1. The van der Waals surface area contributed by atoms with Crippen LogP contribution in [-0.2, 0) is 14.8 Å². The van der Waals surface area contributed by atoms with Crippen molar-refractivity contribution in [2.45, 2.75) is 23.6 Å². The molecule has 1 amide bonds. The van der Waals surface area contributed by atoms with Crippen molar-refractivity contribution in [2.75, 3.05) is 21.9 Å². The summed E-state index contributed by atoms with van der Waals surface area (Å²) < 4.78 is 28.0. The van der Waals surface area contributed by atoms with Crippen molar-refractivity contribution < 1.29 is 13.2 Å². The van der Waals surface area contributed by atoms with Crippen LogP contribution >= 0.6 is 23.4 Å². The second-order valence-electron chi connectivity index (χ2n) is 6.73. The predicted molar refractivity (Wildman–Crippen MR) is 129 cm³/mol. The average Bonchev–Trinajstić information content (AvgIpc) is 2.75. The minimum atomic E-state index is -3.97. The molecule has 1 N–H and O–H groups in total. The Morgan fingerprint density at radius 3 is 2.39 bits per heavy atom. The fraction of sp³-hybridized carbons (Fsp3) is 0.174. The number of aryl methyl sites for hydroxylation is 1. The predicted octanol–water partition coefficient (Wildman–Crippen LogP) is 5.59. The number of para-hydroxylation sites is 1. The Morgan fingerprint density at radius 1 is 1.03 bits per heavy atom. The van der Waals surface area contributed by atoms with Gasteiger partial charge in [-0.2, -0.15) is 0 Å². The summed E-state index contributed by atoms with van der Waals surface area (Å²) in [4.78, 5) is 14.0. The molecule has 162 valence electrons. The Bertz CT molecular complexity index is 1170. The number of hydrogen-bond acceptors (Lipinski definition) is 4. The van der Waals surface area contributed by atoms with E-state index in [0.717, 1.165) is 15.0 Å². The molecule has 0 aliphatic heterocycles. The van der Waals surface area contributed by atoms with Gasteiger partial charge in [0.15, 0.2) is 0 Å². The van der Waals surface area contributed by atoms with E-state index in [2.05, 4.69) is 5.32 Å². The molecule has 0 radical (unpaired) electrons. The Labute approximate surface area is 192 Å². The van der Waals surface area contributed by atoms with Crippen LogP contribution in [0.25, 0.3) is 0 Å². The third-order valence-electron chi connectivity index (χ3n) is 4.51. The number of carbonyl (C=O) groups is 1. The van der Waals surface area contributed by atoms with Crippen LogP contribution in [0.3, 0.4) is 0 Å². The number of carbonyl (C=O) groups excluding carboxylic acids is 1. The lowest BCUT2D eigenvalue weighted by Gasteiger charge is -2.26. The highest BCUT2D eigenvalue weighted by Gasteiger charge is 2.28. The second kappa shape index (κ2) is 10.2. The molecule has 0 aliphatic carbocycles. The molecular weight excluding hydrogens is 452 g/mol. The van der Waals surface area contributed by atoms with Crippen LogP contribution in [0.5, 0.6) is 0 Å². The van der Waals surface area contributed by atoms with Crippen molar-refractivity contribution in [1.82, 2.24) is 0 Å². The van der Waals surface area contributed by atoms with Crippen molar-refractivity contribution in [3.8, 4) is 0 Å². The second-order valence-corrected chi connectivity index (χ2v) is 10.3. The number of rotatable bonds is 8. The highest BCUT2D eigenvalue weighted by atomic mass is 35.5. The lowest BCUT2D eigenvalue weighted by molar-refractivity contribution is -0.114. The van der Waals surface area contributed by atoms with Crippen LogP contribution in [0.15, 0.2) is 82.6 Å². The van der Waals surface area contributed by atoms with Gasteiger partial charge in [0, 0.05) is 9.92 Å². The van der Waals surface area contributed by atoms with Crippen LogP contribution in [0.2, 0.25) is 5.02 Å². The molecule has 0 unspecified atom stereocenters. The van der Waals surface area contributed by atoms with Crippen LogP contribution in [-0.4, -0.2) is 26.6 Å². The van der Waals surface area contributed by atoms with Crippen molar-refractivity contribution in [3.63, 3.8) is 0 Å². The fourth-order valence-corrected chi connectivity index (χ4v) is 5.58.